The Morgan fingerprint density at radius 2 is 1.78 bits per heavy atom. The van der Waals surface area contributed by atoms with E-state index < -0.39 is 0 Å². The minimum absolute atomic E-state index is 0.472. The fourth-order valence-electron chi connectivity index (χ4n) is 7.36. The third kappa shape index (κ3) is 2.70. The van der Waals surface area contributed by atoms with Gasteiger partial charge in [0.15, 0.2) is 0 Å². The molecule has 4 aliphatic rings. The van der Waals surface area contributed by atoms with Crippen LogP contribution in [-0.2, 0) is 6.54 Å². The Hall–Kier alpha value is 0.290. The first-order valence-corrected chi connectivity index (χ1v) is 11.1. The zero-order valence-electron chi connectivity index (χ0n) is 14.9. The van der Waals surface area contributed by atoms with E-state index in [4.69, 9.17) is 5.10 Å². The van der Waals surface area contributed by atoms with Gasteiger partial charge in [-0.15, -0.1) is 0 Å². The van der Waals surface area contributed by atoms with Crippen molar-refractivity contribution >= 4 is 34.4 Å². The predicted molar refractivity (Wildman–Crippen MR) is 107 cm³/mol. The Labute approximate surface area is 158 Å². The van der Waals surface area contributed by atoms with Crippen molar-refractivity contribution in [2.24, 2.45) is 16.2 Å². The van der Waals surface area contributed by atoms with E-state index in [1.54, 1.807) is 0 Å². The smallest absolute Gasteiger partial charge is 0.0626 e. The molecule has 4 aliphatic carbocycles. The largest absolute Gasteiger partial charge is 0.268 e. The van der Waals surface area contributed by atoms with Gasteiger partial charge in [-0.1, -0.05) is 20.8 Å². The molecule has 0 amide bonds. The van der Waals surface area contributed by atoms with Crippen LogP contribution >= 0.6 is 34.4 Å². The van der Waals surface area contributed by atoms with Crippen LogP contribution in [0.3, 0.4) is 0 Å². The normalized spacial score (nSPS) is 44.9. The van der Waals surface area contributed by atoms with E-state index in [1.165, 1.54) is 53.5 Å². The van der Waals surface area contributed by atoms with Crippen LogP contribution in [0.4, 0.5) is 0 Å². The number of hydrogen-bond donors (Lipinski definition) is 0. The molecule has 4 bridgehead atoms. The molecule has 4 saturated carbocycles. The number of nitrogens with zero attached hydrogens (tertiary/aromatic N) is 2. The fourth-order valence-corrected chi connectivity index (χ4v) is 9.68. The van der Waals surface area contributed by atoms with Crippen molar-refractivity contribution in [1.29, 1.82) is 0 Å². The molecule has 0 aromatic carbocycles. The Balaban J connectivity index is 1.72. The second-order valence-electron chi connectivity index (χ2n) is 9.53. The van der Waals surface area contributed by atoms with Crippen LogP contribution in [0.5, 0.6) is 0 Å². The SMILES string of the molecule is CCSC12CC3(C)CC(C)(CC(Cn4ncc(I)c4C)(C3)C1)C2. The van der Waals surface area contributed by atoms with E-state index in [9.17, 15) is 0 Å². The van der Waals surface area contributed by atoms with Crippen molar-refractivity contribution < 1.29 is 0 Å². The maximum atomic E-state index is 4.71. The standard InChI is InChI=1S/C19H29IN2S/c1-5-23-19-10-16(3)7-17(4,11-19)9-18(8-16,12-19)13-22-14(2)15(20)6-21-22/h6H,5,7-13H2,1-4H3. The number of hydrogen-bond acceptors (Lipinski definition) is 2. The van der Waals surface area contributed by atoms with Crippen LogP contribution < -0.4 is 0 Å². The third-order valence-electron chi connectivity index (χ3n) is 6.63. The van der Waals surface area contributed by atoms with Gasteiger partial charge in [0.1, 0.15) is 0 Å². The number of rotatable bonds is 4. The lowest BCUT2D eigenvalue weighted by Crippen LogP contribution is -2.62. The molecule has 0 N–H and O–H groups in total. The first-order chi connectivity index (χ1) is 10.7. The fraction of sp³-hybridized carbons (Fsp3) is 0.842. The summed E-state index contributed by atoms with van der Waals surface area (Å²) in [5, 5.41) is 4.71. The first-order valence-electron chi connectivity index (χ1n) is 9.02. The molecule has 2 nitrogen and oxygen atoms in total. The third-order valence-corrected chi connectivity index (χ3v) is 9.02. The van der Waals surface area contributed by atoms with Crippen molar-refractivity contribution in [2.45, 2.75) is 77.5 Å². The van der Waals surface area contributed by atoms with Crippen molar-refractivity contribution in [2.75, 3.05) is 5.75 Å². The topological polar surface area (TPSA) is 17.8 Å². The van der Waals surface area contributed by atoms with Crippen LogP contribution in [0.25, 0.3) is 0 Å². The highest BCUT2D eigenvalue weighted by molar-refractivity contribution is 14.1. The summed E-state index contributed by atoms with van der Waals surface area (Å²) in [5.74, 6) is 1.26. The summed E-state index contributed by atoms with van der Waals surface area (Å²) in [4.78, 5) is 0. The Kier molecular flexibility index (Phi) is 3.75. The van der Waals surface area contributed by atoms with Crippen LogP contribution in [0.15, 0.2) is 6.20 Å². The van der Waals surface area contributed by atoms with Gasteiger partial charge < -0.3 is 0 Å². The van der Waals surface area contributed by atoms with Gasteiger partial charge in [0.05, 0.1) is 9.77 Å². The molecule has 0 spiro atoms. The summed E-state index contributed by atoms with van der Waals surface area (Å²) in [6.45, 7) is 10.9. The van der Waals surface area contributed by atoms with Gasteiger partial charge in [-0.3, -0.25) is 4.68 Å². The highest BCUT2D eigenvalue weighted by atomic mass is 127. The minimum Gasteiger partial charge on any atom is -0.268 e. The summed E-state index contributed by atoms with van der Waals surface area (Å²) in [6, 6.07) is 0. The molecule has 1 heterocycles. The lowest BCUT2D eigenvalue weighted by molar-refractivity contribution is -0.139. The molecule has 0 saturated heterocycles. The van der Waals surface area contributed by atoms with Crippen LogP contribution in [0.1, 0.15) is 65.0 Å². The van der Waals surface area contributed by atoms with Crippen molar-refractivity contribution in [3.8, 4) is 0 Å². The molecule has 2 unspecified atom stereocenters. The number of aromatic nitrogens is 2. The summed E-state index contributed by atoms with van der Waals surface area (Å²) >= 11 is 4.69. The van der Waals surface area contributed by atoms with Crippen molar-refractivity contribution in [1.82, 2.24) is 9.78 Å². The molecule has 23 heavy (non-hydrogen) atoms. The summed E-state index contributed by atoms with van der Waals surface area (Å²) in [5.41, 5.74) is 2.94. The highest BCUT2D eigenvalue weighted by Crippen LogP contribution is 2.73. The molecule has 0 radical (unpaired) electrons. The molecule has 1 aromatic rings. The Morgan fingerprint density at radius 1 is 1.13 bits per heavy atom. The second-order valence-corrected chi connectivity index (χ2v) is 12.4. The van der Waals surface area contributed by atoms with E-state index in [0.29, 0.717) is 21.0 Å². The van der Waals surface area contributed by atoms with Crippen LogP contribution in [0, 0.1) is 26.7 Å². The average Bonchev–Trinajstić information content (AvgIpc) is 2.65. The first kappa shape index (κ1) is 16.7. The predicted octanol–water partition coefficient (Wildman–Crippen LogP) is 5.67. The van der Waals surface area contributed by atoms with E-state index >= 15 is 0 Å². The average molecular weight is 444 g/mol. The molecule has 5 rings (SSSR count). The van der Waals surface area contributed by atoms with E-state index in [1.807, 2.05) is 6.20 Å². The molecule has 4 heteroatoms. The minimum atomic E-state index is 0.472. The highest BCUT2D eigenvalue weighted by Gasteiger charge is 2.65. The van der Waals surface area contributed by atoms with Gasteiger partial charge in [0.2, 0.25) is 0 Å². The summed E-state index contributed by atoms with van der Waals surface area (Å²) in [7, 11) is 0. The maximum Gasteiger partial charge on any atom is 0.0626 e. The van der Waals surface area contributed by atoms with Gasteiger partial charge in [-0.05, 0) is 90.0 Å². The van der Waals surface area contributed by atoms with E-state index in [0.717, 1.165) is 6.54 Å². The van der Waals surface area contributed by atoms with Gasteiger partial charge in [0.25, 0.3) is 0 Å². The molecular weight excluding hydrogens is 415 g/mol. The van der Waals surface area contributed by atoms with E-state index in [-0.39, 0.29) is 0 Å². The molecule has 128 valence electrons. The summed E-state index contributed by atoms with van der Waals surface area (Å²) < 4.78 is 4.16. The van der Waals surface area contributed by atoms with Crippen molar-refractivity contribution in [3.63, 3.8) is 0 Å². The number of thioether (sulfide) groups is 1. The zero-order chi connectivity index (χ0) is 16.5. The monoisotopic (exact) mass is 444 g/mol. The second kappa shape index (κ2) is 5.15. The molecular formula is C19H29IN2S. The van der Waals surface area contributed by atoms with Crippen LogP contribution in [0.2, 0.25) is 0 Å². The molecule has 0 aliphatic heterocycles. The Bertz CT molecular complexity index is 619. The lowest BCUT2D eigenvalue weighted by atomic mass is 9.40. The zero-order valence-corrected chi connectivity index (χ0v) is 17.9. The van der Waals surface area contributed by atoms with Crippen LogP contribution in [-0.4, -0.2) is 20.3 Å². The quantitative estimate of drug-likeness (QED) is 0.557. The number of halogens is 1. The Morgan fingerprint density at radius 3 is 2.30 bits per heavy atom. The molecule has 1 aromatic heterocycles. The van der Waals surface area contributed by atoms with Gasteiger partial charge in [0, 0.05) is 17.0 Å². The van der Waals surface area contributed by atoms with Gasteiger partial charge >= 0.3 is 0 Å². The summed E-state index contributed by atoms with van der Waals surface area (Å²) in [6.07, 6.45) is 10.6. The van der Waals surface area contributed by atoms with E-state index in [2.05, 4.69) is 66.7 Å². The lowest BCUT2D eigenvalue weighted by Gasteiger charge is -2.69. The van der Waals surface area contributed by atoms with Crippen molar-refractivity contribution in [3.05, 3.63) is 15.5 Å². The molecule has 4 fully saturated rings. The van der Waals surface area contributed by atoms with Gasteiger partial charge in [-0.2, -0.15) is 16.9 Å². The van der Waals surface area contributed by atoms with Gasteiger partial charge in [-0.25, -0.2) is 0 Å². The molecule has 2 atom stereocenters. The maximum absolute atomic E-state index is 4.71.